The lowest BCUT2D eigenvalue weighted by atomic mass is 10.2. The van der Waals surface area contributed by atoms with Crippen LogP contribution in [0.15, 0.2) is 0 Å². The van der Waals surface area contributed by atoms with Gasteiger partial charge in [0.2, 0.25) is 0 Å². The monoisotopic (exact) mass is 202 g/mol. The first kappa shape index (κ1) is 11.9. The molecule has 0 aliphatic carbocycles. The van der Waals surface area contributed by atoms with Gasteiger partial charge in [0, 0.05) is 32.8 Å². The Morgan fingerprint density at radius 1 is 1.64 bits per heavy atom. The van der Waals surface area contributed by atoms with Crippen molar-refractivity contribution in [3.05, 3.63) is 0 Å². The van der Waals surface area contributed by atoms with Crippen molar-refractivity contribution in [2.24, 2.45) is 5.73 Å². The van der Waals surface area contributed by atoms with Crippen LogP contribution in [0.5, 0.6) is 0 Å². The minimum atomic E-state index is 0.199. The zero-order valence-corrected chi connectivity index (χ0v) is 9.24. The van der Waals surface area contributed by atoms with Gasteiger partial charge in [-0.05, 0) is 13.3 Å². The summed E-state index contributed by atoms with van der Waals surface area (Å²) in [5.74, 6) is 0. The van der Waals surface area contributed by atoms with Crippen LogP contribution in [-0.4, -0.2) is 57.0 Å². The molecule has 14 heavy (non-hydrogen) atoms. The van der Waals surface area contributed by atoms with E-state index in [1.165, 1.54) is 0 Å². The average Bonchev–Trinajstić information content (AvgIpc) is 2.22. The second-order valence-corrected chi connectivity index (χ2v) is 3.84. The third-order valence-electron chi connectivity index (χ3n) is 2.84. The van der Waals surface area contributed by atoms with Gasteiger partial charge in [0.05, 0.1) is 19.3 Å². The Morgan fingerprint density at radius 2 is 2.43 bits per heavy atom. The SMILES string of the molecule is COC(CN)CCN1CCOCC1C. The smallest absolute Gasteiger partial charge is 0.0705 e. The number of rotatable bonds is 5. The van der Waals surface area contributed by atoms with Gasteiger partial charge >= 0.3 is 0 Å². The molecule has 1 fully saturated rings. The summed E-state index contributed by atoms with van der Waals surface area (Å²) in [5, 5.41) is 0. The van der Waals surface area contributed by atoms with Crippen molar-refractivity contribution < 1.29 is 9.47 Å². The predicted octanol–water partition coefficient (Wildman–Crippen LogP) is 0.0709. The second kappa shape index (κ2) is 6.35. The van der Waals surface area contributed by atoms with Crippen LogP contribution in [0.4, 0.5) is 0 Å². The molecule has 4 nitrogen and oxygen atoms in total. The van der Waals surface area contributed by atoms with E-state index in [1.54, 1.807) is 7.11 Å². The summed E-state index contributed by atoms with van der Waals surface area (Å²) in [6, 6.07) is 0.527. The number of nitrogens with zero attached hydrogens (tertiary/aromatic N) is 1. The maximum Gasteiger partial charge on any atom is 0.0705 e. The van der Waals surface area contributed by atoms with Gasteiger partial charge in [0.25, 0.3) is 0 Å². The maximum atomic E-state index is 5.57. The summed E-state index contributed by atoms with van der Waals surface area (Å²) < 4.78 is 10.6. The zero-order chi connectivity index (χ0) is 10.4. The highest BCUT2D eigenvalue weighted by molar-refractivity contribution is 4.72. The van der Waals surface area contributed by atoms with Gasteiger partial charge in [0.1, 0.15) is 0 Å². The van der Waals surface area contributed by atoms with E-state index in [0.717, 1.165) is 32.7 Å². The van der Waals surface area contributed by atoms with E-state index in [1.807, 2.05) is 0 Å². The highest BCUT2D eigenvalue weighted by Gasteiger charge is 2.19. The molecule has 2 N–H and O–H groups in total. The van der Waals surface area contributed by atoms with E-state index in [9.17, 15) is 0 Å². The molecule has 1 rings (SSSR count). The molecule has 0 radical (unpaired) electrons. The van der Waals surface area contributed by atoms with Gasteiger partial charge in [0.15, 0.2) is 0 Å². The van der Waals surface area contributed by atoms with E-state index >= 15 is 0 Å². The molecule has 0 saturated carbocycles. The minimum absolute atomic E-state index is 0.199. The maximum absolute atomic E-state index is 5.57. The first-order valence-corrected chi connectivity index (χ1v) is 5.32. The third-order valence-corrected chi connectivity index (χ3v) is 2.84. The van der Waals surface area contributed by atoms with Crippen molar-refractivity contribution in [3.63, 3.8) is 0 Å². The Labute approximate surface area is 86.3 Å². The van der Waals surface area contributed by atoms with Crippen LogP contribution in [0.25, 0.3) is 0 Å². The van der Waals surface area contributed by atoms with Crippen LogP contribution in [-0.2, 0) is 9.47 Å². The lowest BCUT2D eigenvalue weighted by Crippen LogP contribution is -2.45. The van der Waals surface area contributed by atoms with Crippen LogP contribution < -0.4 is 5.73 Å². The number of hydrogen-bond acceptors (Lipinski definition) is 4. The Hall–Kier alpha value is -0.160. The summed E-state index contributed by atoms with van der Waals surface area (Å²) in [7, 11) is 1.72. The third kappa shape index (κ3) is 3.53. The molecule has 1 aliphatic heterocycles. The first-order chi connectivity index (χ1) is 6.77. The molecule has 4 heteroatoms. The normalized spacial score (nSPS) is 26.4. The van der Waals surface area contributed by atoms with E-state index < -0.39 is 0 Å². The molecular formula is C10H22N2O2. The summed E-state index contributed by atoms with van der Waals surface area (Å²) in [4.78, 5) is 2.44. The van der Waals surface area contributed by atoms with Crippen LogP contribution in [0, 0.1) is 0 Å². The molecule has 1 aliphatic rings. The number of ether oxygens (including phenoxy) is 2. The van der Waals surface area contributed by atoms with Gasteiger partial charge in [-0.3, -0.25) is 4.90 Å². The van der Waals surface area contributed by atoms with Gasteiger partial charge in [-0.2, -0.15) is 0 Å². The molecule has 2 unspecified atom stereocenters. The lowest BCUT2D eigenvalue weighted by Gasteiger charge is -2.33. The number of nitrogens with two attached hydrogens (primary N) is 1. The fourth-order valence-corrected chi connectivity index (χ4v) is 1.74. The highest BCUT2D eigenvalue weighted by Crippen LogP contribution is 2.08. The van der Waals surface area contributed by atoms with Crippen LogP contribution in [0.1, 0.15) is 13.3 Å². The van der Waals surface area contributed by atoms with Crippen molar-refractivity contribution in [1.29, 1.82) is 0 Å². The Kier molecular flexibility index (Phi) is 5.40. The topological polar surface area (TPSA) is 47.7 Å². The van der Waals surface area contributed by atoms with Gasteiger partial charge in [-0.1, -0.05) is 0 Å². The van der Waals surface area contributed by atoms with Crippen LogP contribution in [0.3, 0.4) is 0 Å². The first-order valence-electron chi connectivity index (χ1n) is 5.32. The van der Waals surface area contributed by atoms with Crippen LogP contribution >= 0.6 is 0 Å². The zero-order valence-electron chi connectivity index (χ0n) is 9.24. The second-order valence-electron chi connectivity index (χ2n) is 3.84. The lowest BCUT2D eigenvalue weighted by molar-refractivity contribution is -0.00859. The van der Waals surface area contributed by atoms with E-state index in [4.69, 9.17) is 15.2 Å². The largest absolute Gasteiger partial charge is 0.380 e. The van der Waals surface area contributed by atoms with Crippen LogP contribution in [0.2, 0.25) is 0 Å². The predicted molar refractivity (Wildman–Crippen MR) is 56.3 cm³/mol. The Balaban J connectivity index is 2.21. The van der Waals surface area contributed by atoms with E-state index in [2.05, 4.69) is 11.8 Å². The van der Waals surface area contributed by atoms with Gasteiger partial charge in [-0.25, -0.2) is 0 Å². The minimum Gasteiger partial charge on any atom is -0.380 e. The van der Waals surface area contributed by atoms with Gasteiger partial charge in [-0.15, -0.1) is 0 Å². The molecule has 0 aromatic heterocycles. The summed E-state index contributed by atoms with van der Waals surface area (Å²) in [5.41, 5.74) is 5.57. The number of morpholine rings is 1. The quantitative estimate of drug-likeness (QED) is 0.685. The number of methoxy groups -OCH3 is 1. The Morgan fingerprint density at radius 3 is 3.00 bits per heavy atom. The van der Waals surface area contributed by atoms with Crippen molar-refractivity contribution in [2.75, 3.05) is 40.0 Å². The molecule has 0 spiro atoms. The number of hydrogen-bond donors (Lipinski definition) is 1. The summed E-state index contributed by atoms with van der Waals surface area (Å²) >= 11 is 0. The summed E-state index contributed by atoms with van der Waals surface area (Å²) in [6.45, 7) is 6.59. The average molecular weight is 202 g/mol. The fourth-order valence-electron chi connectivity index (χ4n) is 1.74. The van der Waals surface area contributed by atoms with Crippen molar-refractivity contribution in [3.8, 4) is 0 Å². The molecule has 2 atom stereocenters. The molecule has 0 bridgehead atoms. The molecule has 1 saturated heterocycles. The molecule has 0 aromatic rings. The molecule has 0 aromatic carbocycles. The summed E-state index contributed by atoms with van der Waals surface area (Å²) in [6.07, 6.45) is 1.21. The van der Waals surface area contributed by atoms with Crippen molar-refractivity contribution >= 4 is 0 Å². The van der Waals surface area contributed by atoms with E-state index in [0.29, 0.717) is 12.6 Å². The molecular weight excluding hydrogens is 180 g/mol. The fraction of sp³-hybridized carbons (Fsp3) is 1.00. The molecule has 1 heterocycles. The molecule has 0 amide bonds. The Bertz CT molecular complexity index is 151. The standard InChI is InChI=1S/C10H22N2O2/c1-9-8-14-6-5-12(9)4-3-10(7-11)13-2/h9-10H,3-8,11H2,1-2H3. The van der Waals surface area contributed by atoms with E-state index in [-0.39, 0.29) is 6.10 Å². The van der Waals surface area contributed by atoms with Gasteiger partial charge < -0.3 is 15.2 Å². The molecule has 84 valence electrons. The van der Waals surface area contributed by atoms with Crippen molar-refractivity contribution in [1.82, 2.24) is 4.90 Å². The highest BCUT2D eigenvalue weighted by atomic mass is 16.5. The van der Waals surface area contributed by atoms with Crippen molar-refractivity contribution in [2.45, 2.75) is 25.5 Å².